The molecular weight excluding hydrogens is 221 g/mol. The molecule has 1 unspecified atom stereocenters. The van der Waals surface area contributed by atoms with Crippen molar-refractivity contribution in [1.82, 2.24) is 5.32 Å². The molecule has 15 heavy (non-hydrogen) atoms. The van der Waals surface area contributed by atoms with E-state index in [9.17, 15) is 9.18 Å². The second-order valence-corrected chi connectivity index (χ2v) is 3.57. The van der Waals surface area contributed by atoms with Gasteiger partial charge in [0, 0.05) is 17.1 Å². The summed E-state index contributed by atoms with van der Waals surface area (Å²) in [6.45, 7) is 1.35. The van der Waals surface area contributed by atoms with Gasteiger partial charge in [-0.15, -0.1) is 0 Å². The van der Waals surface area contributed by atoms with Crippen molar-refractivity contribution < 1.29 is 14.3 Å². The third-order valence-electron chi connectivity index (χ3n) is 1.84. The number of aliphatic hydroxyl groups excluding tert-OH is 1. The van der Waals surface area contributed by atoms with E-state index < -0.39 is 17.8 Å². The van der Waals surface area contributed by atoms with Crippen LogP contribution in [0, 0.1) is 5.82 Å². The molecule has 0 aliphatic rings. The summed E-state index contributed by atoms with van der Waals surface area (Å²) in [5, 5.41) is 11.7. The van der Waals surface area contributed by atoms with E-state index in [1.807, 2.05) is 0 Å². The second-order valence-electron chi connectivity index (χ2n) is 3.13. The smallest absolute Gasteiger partial charge is 0.248 e. The van der Waals surface area contributed by atoms with Crippen molar-refractivity contribution >= 4 is 17.5 Å². The fraction of sp³-hybridized carbons (Fsp3) is 0.300. The Labute approximate surface area is 91.9 Å². The number of aliphatic hydroxyl groups is 1. The molecule has 1 atom stereocenters. The third-order valence-corrected chi connectivity index (χ3v) is 2.08. The zero-order valence-corrected chi connectivity index (χ0v) is 8.88. The molecule has 82 valence electrons. The molecule has 0 radical (unpaired) electrons. The zero-order chi connectivity index (χ0) is 11.4. The van der Waals surface area contributed by atoms with Crippen molar-refractivity contribution in [2.24, 2.45) is 0 Å². The van der Waals surface area contributed by atoms with Crippen LogP contribution in [-0.4, -0.2) is 17.1 Å². The second kappa shape index (κ2) is 5.09. The molecule has 0 heterocycles. The molecule has 1 rings (SSSR count). The number of hydrogen-bond donors (Lipinski definition) is 2. The topological polar surface area (TPSA) is 49.3 Å². The van der Waals surface area contributed by atoms with Gasteiger partial charge in [0.1, 0.15) is 11.9 Å². The first-order valence-corrected chi connectivity index (χ1v) is 4.78. The van der Waals surface area contributed by atoms with Gasteiger partial charge in [0.05, 0.1) is 0 Å². The monoisotopic (exact) mass is 231 g/mol. The molecule has 0 aromatic heterocycles. The van der Waals surface area contributed by atoms with E-state index in [0.29, 0.717) is 5.02 Å². The fourth-order valence-electron chi connectivity index (χ4n) is 1.01. The Bertz CT molecular complexity index is 368. The molecule has 1 aromatic carbocycles. The van der Waals surface area contributed by atoms with E-state index in [-0.39, 0.29) is 12.1 Å². The van der Waals surface area contributed by atoms with Crippen LogP contribution in [0.15, 0.2) is 18.2 Å². The van der Waals surface area contributed by atoms with Gasteiger partial charge >= 0.3 is 0 Å². The van der Waals surface area contributed by atoms with Crippen LogP contribution < -0.4 is 5.32 Å². The summed E-state index contributed by atoms with van der Waals surface area (Å²) in [5.41, 5.74) is 0.288. The van der Waals surface area contributed by atoms with Crippen molar-refractivity contribution in [2.75, 3.05) is 0 Å². The summed E-state index contributed by atoms with van der Waals surface area (Å²) in [6.07, 6.45) is -1.10. The molecule has 0 fully saturated rings. The average Bonchev–Trinajstić information content (AvgIpc) is 2.18. The van der Waals surface area contributed by atoms with E-state index in [4.69, 9.17) is 16.7 Å². The maximum Gasteiger partial charge on any atom is 0.248 e. The van der Waals surface area contributed by atoms with Crippen LogP contribution in [0.2, 0.25) is 5.02 Å². The maximum atomic E-state index is 13.1. The minimum atomic E-state index is -1.10. The lowest BCUT2D eigenvalue weighted by molar-refractivity contribution is -0.128. The maximum absolute atomic E-state index is 13.1. The summed E-state index contributed by atoms with van der Waals surface area (Å²) >= 11 is 5.67. The number of carbonyl (C=O) groups excluding carboxylic acids is 1. The van der Waals surface area contributed by atoms with Gasteiger partial charge in [0.15, 0.2) is 0 Å². The first-order chi connectivity index (χ1) is 7.00. The SMILES string of the molecule is CC(O)C(=O)NCc1cc(Cl)ccc1F. The Morgan fingerprint density at radius 1 is 1.67 bits per heavy atom. The molecule has 3 nitrogen and oxygen atoms in total. The molecule has 0 aliphatic carbocycles. The van der Waals surface area contributed by atoms with Crippen LogP contribution in [0.5, 0.6) is 0 Å². The summed E-state index contributed by atoms with van der Waals surface area (Å²) in [5.74, 6) is -0.986. The molecule has 5 heteroatoms. The van der Waals surface area contributed by atoms with Gasteiger partial charge in [-0.05, 0) is 25.1 Å². The molecule has 0 aliphatic heterocycles. The Hall–Kier alpha value is -1.13. The van der Waals surface area contributed by atoms with E-state index in [2.05, 4.69) is 5.32 Å². The van der Waals surface area contributed by atoms with Crippen LogP contribution in [0.25, 0.3) is 0 Å². The van der Waals surface area contributed by atoms with Gasteiger partial charge in [0.2, 0.25) is 5.91 Å². The quantitative estimate of drug-likeness (QED) is 0.828. The summed E-state index contributed by atoms with van der Waals surface area (Å²) in [7, 11) is 0. The minimum absolute atomic E-state index is 0.0100. The van der Waals surface area contributed by atoms with Gasteiger partial charge in [-0.25, -0.2) is 4.39 Å². The van der Waals surface area contributed by atoms with Crippen molar-refractivity contribution in [3.05, 3.63) is 34.6 Å². The molecule has 0 saturated heterocycles. The molecular formula is C10H11ClFNO2. The van der Waals surface area contributed by atoms with Gasteiger partial charge < -0.3 is 10.4 Å². The van der Waals surface area contributed by atoms with Gasteiger partial charge in [-0.2, -0.15) is 0 Å². The number of hydrogen-bond acceptors (Lipinski definition) is 2. The summed E-state index contributed by atoms with van der Waals surface area (Å²) in [6, 6.07) is 4.09. The predicted octanol–water partition coefficient (Wildman–Crippen LogP) is 1.48. The number of rotatable bonds is 3. The number of carbonyl (C=O) groups is 1. The average molecular weight is 232 g/mol. The highest BCUT2D eigenvalue weighted by atomic mass is 35.5. The lowest BCUT2D eigenvalue weighted by Gasteiger charge is -2.08. The Balaban J connectivity index is 2.65. The predicted molar refractivity (Wildman–Crippen MR) is 54.9 cm³/mol. The fourth-order valence-corrected chi connectivity index (χ4v) is 1.20. The van der Waals surface area contributed by atoms with Crippen molar-refractivity contribution in [3.63, 3.8) is 0 Å². The van der Waals surface area contributed by atoms with Crippen LogP contribution in [0.4, 0.5) is 4.39 Å². The standard InChI is InChI=1S/C10H11ClFNO2/c1-6(14)10(15)13-5-7-4-8(11)2-3-9(7)12/h2-4,6,14H,5H2,1H3,(H,13,15). The van der Waals surface area contributed by atoms with Crippen LogP contribution in [-0.2, 0) is 11.3 Å². The number of halogens is 2. The van der Waals surface area contributed by atoms with E-state index in [0.717, 1.165) is 0 Å². The number of nitrogens with one attached hydrogen (secondary N) is 1. The van der Waals surface area contributed by atoms with Crippen molar-refractivity contribution in [1.29, 1.82) is 0 Å². The Morgan fingerprint density at radius 2 is 2.33 bits per heavy atom. The molecule has 0 bridgehead atoms. The highest BCUT2D eigenvalue weighted by Crippen LogP contribution is 2.14. The van der Waals surface area contributed by atoms with Gasteiger partial charge in [-0.1, -0.05) is 11.6 Å². The van der Waals surface area contributed by atoms with Crippen LogP contribution in [0.3, 0.4) is 0 Å². The molecule has 1 amide bonds. The van der Waals surface area contributed by atoms with Crippen molar-refractivity contribution in [2.45, 2.75) is 19.6 Å². The highest BCUT2D eigenvalue weighted by Gasteiger charge is 2.09. The van der Waals surface area contributed by atoms with Crippen molar-refractivity contribution in [3.8, 4) is 0 Å². The molecule has 1 aromatic rings. The molecule has 0 saturated carbocycles. The van der Waals surface area contributed by atoms with Gasteiger partial charge in [-0.3, -0.25) is 4.79 Å². The lowest BCUT2D eigenvalue weighted by Crippen LogP contribution is -2.32. The largest absolute Gasteiger partial charge is 0.384 e. The first kappa shape index (κ1) is 11.9. The normalized spacial score (nSPS) is 12.3. The van der Waals surface area contributed by atoms with E-state index in [1.54, 1.807) is 0 Å². The van der Waals surface area contributed by atoms with Crippen LogP contribution >= 0.6 is 11.6 Å². The Morgan fingerprint density at radius 3 is 2.93 bits per heavy atom. The number of amides is 1. The van der Waals surface area contributed by atoms with E-state index >= 15 is 0 Å². The Kier molecular flexibility index (Phi) is 4.05. The van der Waals surface area contributed by atoms with Crippen LogP contribution in [0.1, 0.15) is 12.5 Å². The van der Waals surface area contributed by atoms with Gasteiger partial charge in [0.25, 0.3) is 0 Å². The third kappa shape index (κ3) is 3.49. The molecule has 0 spiro atoms. The summed E-state index contributed by atoms with van der Waals surface area (Å²) in [4.78, 5) is 11.0. The lowest BCUT2D eigenvalue weighted by atomic mass is 10.2. The highest BCUT2D eigenvalue weighted by molar-refractivity contribution is 6.30. The zero-order valence-electron chi connectivity index (χ0n) is 8.13. The first-order valence-electron chi connectivity index (χ1n) is 4.40. The minimum Gasteiger partial charge on any atom is -0.384 e. The summed E-state index contributed by atoms with van der Waals surface area (Å²) < 4.78 is 13.1. The number of benzene rings is 1. The van der Waals surface area contributed by atoms with E-state index in [1.165, 1.54) is 25.1 Å². The molecule has 2 N–H and O–H groups in total.